The summed E-state index contributed by atoms with van der Waals surface area (Å²) in [4.78, 5) is 0. The Kier molecular flexibility index (Phi) is 6.35. The van der Waals surface area contributed by atoms with Gasteiger partial charge in [-0.15, -0.1) is 0 Å². The van der Waals surface area contributed by atoms with Crippen LogP contribution in [0.15, 0.2) is 59.7 Å². The molecule has 0 saturated heterocycles. The minimum absolute atomic E-state index is 0.540. The van der Waals surface area contributed by atoms with Gasteiger partial charge in [0.15, 0.2) is 0 Å². The summed E-state index contributed by atoms with van der Waals surface area (Å²) in [6, 6.07) is 10.4. The highest BCUT2D eigenvalue weighted by atomic mass is 14.1. The van der Waals surface area contributed by atoms with E-state index in [4.69, 9.17) is 0 Å². The second-order valence-corrected chi connectivity index (χ2v) is 5.66. The Hall–Kier alpha value is -1.56. The summed E-state index contributed by atoms with van der Waals surface area (Å²) in [5, 5.41) is 0. The van der Waals surface area contributed by atoms with Gasteiger partial charge in [0.1, 0.15) is 0 Å². The molecule has 0 nitrogen and oxygen atoms in total. The van der Waals surface area contributed by atoms with Gasteiger partial charge in [-0.3, -0.25) is 0 Å². The van der Waals surface area contributed by atoms with E-state index in [-0.39, 0.29) is 0 Å². The first-order valence-corrected chi connectivity index (χ1v) is 7.02. The maximum Gasteiger partial charge on any atom is -0.0111 e. The molecule has 0 aromatic heterocycles. The molecule has 0 bridgehead atoms. The van der Waals surface area contributed by atoms with E-state index in [2.05, 4.69) is 70.7 Å². The van der Waals surface area contributed by atoms with Crippen molar-refractivity contribution in [3.63, 3.8) is 0 Å². The average molecular weight is 254 g/mol. The van der Waals surface area contributed by atoms with Crippen molar-refractivity contribution < 1.29 is 0 Å². The summed E-state index contributed by atoms with van der Waals surface area (Å²) < 4.78 is 0. The standard InChI is InChI=1S/C19H26/c1-15(2)18(5)14-17(4)13-16(3)11-12-19-9-7-6-8-10-19/h6-12,16H,4,13-14H2,1-3,5H3. The molecule has 0 saturated carbocycles. The van der Waals surface area contributed by atoms with E-state index in [1.54, 1.807) is 0 Å². The molecule has 1 rings (SSSR count). The molecule has 0 heteroatoms. The van der Waals surface area contributed by atoms with Crippen molar-refractivity contribution in [2.75, 3.05) is 0 Å². The van der Waals surface area contributed by atoms with E-state index in [9.17, 15) is 0 Å². The van der Waals surface area contributed by atoms with E-state index >= 15 is 0 Å². The Morgan fingerprint density at radius 2 is 1.79 bits per heavy atom. The van der Waals surface area contributed by atoms with Gasteiger partial charge in [-0.05, 0) is 45.1 Å². The van der Waals surface area contributed by atoms with E-state index in [0.717, 1.165) is 12.8 Å². The smallest absolute Gasteiger partial charge is 0.0111 e. The van der Waals surface area contributed by atoms with Gasteiger partial charge < -0.3 is 0 Å². The first-order valence-electron chi connectivity index (χ1n) is 7.02. The van der Waals surface area contributed by atoms with Crippen LogP contribution in [0.2, 0.25) is 0 Å². The Labute approximate surface area is 118 Å². The third-order valence-corrected chi connectivity index (χ3v) is 3.40. The first kappa shape index (κ1) is 15.5. The lowest BCUT2D eigenvalue weighted by atomic mass is 9.95. The molecule has 1 unspecified atom stereocenters. The predicted molar refractivity (Wildman–Crippen MR) is 87.1 cm³/mol. The van der Waals surface area contributed by atoms with Gasteiger partial charge in [-0.2, -0.15) is 0 Å². The normalized spacial score (nSPS) is 12.4. The lowest BCUT2D eigenvalue weighted by Crippen LogP contribution is -1.94. The third kappa shape index (κ3) is 6.24. The van der Waals surface area contributed by atoms with Crippen LogP contribution in [0.25, 0.3) is 6.08 Å². The largest absolute Gasteiger partial charge is 0.0995 e. The fraction of sp³-hybridized carbons (Fsp3) is 0.368. The number of hydrogen-bond donors (Lipinski definition) is 0. The molecule has 0 fully saturated rings. The van der Waals surface area contributed by atoms with Crippen LogP contribution < -0.4 is 0 Å². The highest BCUT2D eigenvalue weighted by molar-refractivity contribution is 5.48. The highest BCUT2D eigenvalue weighted by Crippen LogP contribution is 2.20. The van der Waals surface area contributed by atoms with Crippen molar-refractivity contribution in [3.05, 3.63) is 65.3 Å². The summed E-state index contributed by atoms with van der Waals surface area (Å²) in [5.74, 6) is 0.540. The molecule has 0 spiro atoms. The number of hydrogen-bond acceptors (Lipinski definition) is 0. The quantitative estimate of drug-likeness (QED) is 0.544. The second-order valence-electron chi connectivity index (χ2n) is 5.66. The molecule has 102 valence electrons. The van der Waals surface area contributed by atoms with Crippen LogP contribution in [0.4, 0.5) is 0 Å². The van der Waals surface area contributed by atoms with Crippen LogP contribution in [-0.2, 0) is 0 Å². The maximum atomic E-state index is 4.20. The van der Waals surface area contributed by atoms with Crippen molar-refractivity contribution >= 4 is 6.08 Å². The van der Waals surface area contributed by atoms with Crippen molar-refractivity contribution in [3.8, 4) is 0 Å². The molecule has 1 aromatic carbocycles. The lowest BCUT2D eigenvalue weighted by Gasteiger charge is -2.11. The first-order chi connectivity index (χ1) is 8.99. The molecule has 0 amide bonds. The molecule has 1 aromatic rings. The van der Waals surface area contributed by atoms with Crippen LogP contribution in [0.3, 0.4) is 0 Å². The van der Waals surface area contributed by atoms with Gasteiger partial charge in [0.25, 0.3) is 0 Å². The Bertz CT molecular complexity index is 456. The van der Waals surface area contributed by atoms with E-state index in [1.165, 1.54) is 22.3 Å². The topological polar surface area (TPSA) is 0 Å². The van der Waals surface area contributed by atoms with E-state index < -0.39 is 0 Å². The fourth-order valence-electron chi connectivity index (χ4n) is 1.99. The van der Waals surface area contributed by atoms with Gasteiger partial charge in [0.05, 0.1) is 0 Å². The summed E-state index contributed by atoms with van der Waals surface area (Å²) in [6.45, 7) is 13.0. The van der Waals surface area contributed by atoms with Crippen molar-refractivity contribution in [2.45, 2.75) is 40.5 Å². The Morgan fingerprint density at radius 1 is 1.16 bits per heavy atom. The molecule has 0 radical (unpaired) electrons. The maximum absolute atomic E-state index is 4.20. The lowest BCUT2D eigenvalue weighted by molar-refractivity contribution is 0.706. The number of allylic oxidation sites excluding steroid dienone is 4. The van der Waals surface area contributed by atoms with Crippen LogP contribution in [0, 0.1) is 5.92 Å². The molecule has 0 N–H and O–H groups in total. The molecule has 0 heterocycles. The molecule has 0 aliphatic heterocycles. The molecule has 0 aliphatic carbocycles. The van der Waals surface area contributed by atoms with Gasteiger partial charge in [0, 0.05) is 0 Å². The monoisotopic (exact) mass is 254 g/mol. The summed E-state index contributed by atoms with van der Waals surface area (Å²) >= 11 is 0. The highest BCUT2D eigenvalue weighted by Gasteiger charge is 2.03. The van der Waals surface area contributed by atoms with Crippen LogP contribution in [0.1, 0.15) is 46.1 Å². The van der Waals surface area contributed by atoms with Gasteiger partial charge >= 0.3 is 0 Å². The number of benzene rings is 1. The zero-order chi connectivity index (χ0) is 14.3. The van der Waals surface area contributed by atoms with Crippen LogP contribution in [0.5, 0.6) is 0 Å². The molecule has 1 atom stereocenters. The minimum Gasteiger partial charge on any atom is -0.0995 e. The van der Waals surface area contributed by atoms with Gasteiger partial charge in [0.2, 0.25) is 0 Å². The minimum atomic E-state index is 0.540. The van der Waals surface area contributed by atoms with Gasteiger partial charge in [-0.25, -0.2) is 0 Å². The van der Waals surface area contributed by atoms with Crippen molar-refractivity contribution in [1.82, 2.24) is 0 Å². The molecular formula is C19H26. The van der Waals surface area contributed by atoms with Gasteiger partial charge in [-0.1, -0.05) is 72.7 Å². The van der Waals surface area contributed by atoms with Crippen LogP contribution in [-0.4, -0.2) is 0 Å². The SMILES string of the molecule is C=C(CC(C)=C(C)C)CC(C)C=Cc1ccccc1. The zero-order valence-corrected chi connectivity index (χ0v) is 12.7. The Morgan fingerprint density at radius 3 is 2.37 bits per heavy atom. The molecular weight excluding hydrogens is 228 g/mol. The average Bonchev–Trinajstić information content (AvgIpc) is 2.37. The predicted octanol–water partition coefficient (Wildman–Crippen LogP) is 6.03. The van der Waals surface area contributed by atoms with Crippen LogP contribution >= 0.6 is 0 Å². The fourth-order valence-corrected chi connectivity index (χ4v) is 1.99. The summed E-state index contributed by atoms with van der Waals surface area (Å²) in [5.41, 5.74) is 5.45. The summed E-state index contributed by atoms with van der Waals surface area (Å²) in [7, 11) is 0. The molecule has 19 heavy (non-hydrogen) atoms. The third-order valence-electron chi connectivity index (χ3n) is 3.40. The molecule has 0 aliphatic rings. The number of rotatable bonds is 6. The van der Waals surface area contributed by atoms with E-state index in [1.807, 2.05) is 6.07 Å². The van der Waals surface area contributed by atoms with E-state index in [0.29, 0.717) is 5.92 Å². The van der Waals surface area contributed by atoms with Crippen molar-refractivity contribution in [1.29, 1.82) is 0 Å². The zero-order valence-electron chi connectivity index (χ0n) is 12.7. The Balaban J connectivity index is 2.47. The summed E-state index contributed by atoms with van der Waals surface area (Å²) in [6.07, 6.45) is 6.57. The second kappa shape index (κ2) is 7.78. The van der Waals surface area contributed by atoms with Crippen molar-refractivity contribution in [2.24, 2.45) is 5.92 Å².